The summed E-state index contributed by atoms with van der Waals surface area (Å²) in [5.41, 5.74) is 2.48. The number of fused-ring (bicyclic) bond motifs is 1. The molecule has 1 aromatic carbocycles. The van der Waals surface area contributed by atoms with E-state index in [0.717, 1.165) is 37.5 Å². The molecular formula is C16H25N3O. The largest absolute Gasteiger partial charge is 0.385 e. The number of nitrogens with one attached hydrogen (secondary N) is 1. The molecule has 2 aromatic rings. The van der Waals surface area contributed by atoms with E-state index in [0.29, 0.717) is 0 Å². The summed E-state index contributed by atoms with van der Waals surface area (Å²) >= 11 is 0. The van der Waals surface area contributed by atoms with Crippen molar-refractivity contribution in [2.24, 2.45) is 12.5 Å². The van der Waals surface area contributed by atoms with Crippen LogP contribution in [0.3, 0.4) is 0 Å². The third kappa shape index (κ3) is 3.58. The molecule has 1 heterocycles. The second kappa shape index (κ2) is 6.37. The molecule has 0 radical (unpaired) electrons. The number of nitrogens with zero attached hydrogens (tertiary/aromatic N) is 2. The standard InChI is InChI=1S/C16H25N3O/c1-16(2,9-10-20-4)12-17-11-15-18-13-7-5-6-8-14(13)19(15)3/h5-8,17H,9-12H2,1-4H3. The fraction of sp³-hybridized carbons (Fsp3) is 0.562. The lowest BCUT2D eigenvalue weighted by molar-refractivity contribution is 0.150. The highest BCUT2D eigenvalue weighted by molar-refractivity contribution is 5.75. The average molecular weight is 275 g/mol. The Bertz CT molecular complexity index is 560. The zero-order valence-corrected chi connectivity index (χ0v) is 12.9. The summed E-state index contributed by atoms with van der Waals surface area (Å²) in [6.45, 7) is 7.07. The molecule has 0 fully saturated rings. The highest BCUT2D eigenvalue weighted by atomic mass is 16.5. The summed E-state index contributed by atoms with van der Waals surface area (Å²) in [5, 5.41) is 3.51. The Morgan fingerprint density at radius 2 is 2.05 bits per heavy atom. The monoisotopic (exact) mass is 275 g/mol. The van der Waals surface area contributed by atoms with Gasteiger partial charge in [0.2, 0.25) is 0 Å². The number of ether oxygens (including phenoxy) is 1. The van der Waals surface area contributed by atoms with Crippen LogP contribution in [0.1, 0.15) is 26.1 Å². The lowest BCUT2D eigenvalue weighted by Crippen LogP contribution is -2.30. The smallest absolute Gasteiger partial charge is 0.123 e. The van der Waals surface area contributed by atoms with Gasteiger partial charge in [-0.1, -0.05) is 26.0 Å². The van der Waals surface area contributed by atoms with Gasteiger partial charge in [-0.15, -0.1) is 0 Å². The molecule has 4 nitrogen and oxygen atoms in total. The van der Waals surface area contributed by atoms with Crippen LogP contribution in [0.15, 0.2) is 24.3 Å². The number of aromatic nitrogens is 2. The molecule has 0 amide bonds. The molecule has 0 aliphatic heterocycles. The Morgan fingerprint density at radius 1 is 1.30 bits per heavy atom. The molecule has 4 heteroatoms. The first-order valence-corrected chi connectivity index (χ1v) is 7.13. The second-order valence-electron chi connectivity index (χ2n) is 6.09. The average Bonchev–Trinajstić information content (AvgIpc) is 2.74. The van der Waals surface area contributed by atoms with Gasteiger partial charge in [-0.25, -0.2) is 4.98 Å². The molecule has 20 heavy (non-hydrogen) atoms. The normalized spacial score (nSPS) is 12.2. The molecular weight excluding hydrogens is 250 g/mol. The molecule has 0 unspecified atom stereocenters. The van der Waals surface area contributed by atoms with E-state index in [4.69, 9.17) is 4.74 Å². The number of para-hydroxylation sites is 2. The van der Waals surface area contributed by atoms with Crippen molar-refractivity contribution < 1.29 is 4.74 Å². The van der Waals surface area contributed by atoms with Gasteiger partial charge in [0.05, 0.1) is 17.6 Å². The van der Waals surface area contributed by atoms with Crippen molar-refractivity contribution in [3.63, 3.8) is 0 Å². The van der Waals surface area contributed by atoms with Crippen LogP contribution in [0, 0.1) is 5.41 Å². The maximum Gasteiger partial charge on any atom is 0.123 e. The molecule has 0 bridgehead atoms. The first-order valence-electron chi connectivity index (χ1n) is 7.13. The molecule has 2 rings (SSSR count). The fourth-order valence-corrected chi connectivity index (χ4v) is 2.33. The maximum absolute atomic E-state index is 5.16. The van der Waals surface area contributed by atoms with E-state index >= 15 is 0 Å². The van der Waals surface area contributed by atoms with Crippen molar-refractivity contribution in [2.45, 2.75) is 26.8 Å². The number of hydrogen-bond acceptors (Lipinski definition) is 3. The van der Waals surface area contributed by atoms with Gasteiger partial charge in [0, 0.05) is 27.3 Å². The summed E-state index contributed by atoms with van der Waals surface area (Å²) < 4.78 is 7.31. The van der Waals surface area contributed by atoms with Crippen LogP contribution in [0.2, 0.25) is 0 Å². The van der Waals surface area contributed by atoms with Crippen LogP contribution in [0.5, 0.6) is 0 Å². The quantitative estimate of drug-likeness (QED) is 0.844. The first kappa shape index (κ1) is 15.0. The summed E-state index contributed by atoms with van der Waals surface area (Å²) in [5.74, 6) is 1.08. The molecule has 0 saturated heterocycles. The van der Waals surface area contributed by atoms with Crippen LogP contribution in [0.25, 0.3) is 11.0 Å². The number of rotatable bonds is 7. The second-order valence-corrected chi connectivity index (χ2v) is 6.09. The van der Waals surface area contributed by atoms with Gasteiger partial charge < -0.3 is 14.6 Å². The molecule has 1 aromatic heterocycles. The van der Waals surface area contributed by atoms with Crippen LogP contribution < -0.4 is 5.32 Å². The number of benzene rings is 1. The minimum Gasteiger partial charge on any atom is -0.385 e. The summed E-state index contributed by atoms with van der Waals surface area (Å²) in [6, 6.07) is 8.24. The van der Waals surface area contributed by atoms with Gasteiger partial charge in [0.25, 0.3) is 0 Å². The Kier molecular flexibility index (Phi) is 4.78. The lowest BCUT2D eigenvalue weighted by atomic mass is 9.90. The summed E-state index contributed by atoms with van der Waals surface area (Å²) in [4.78, 5) is 4.67. The zero-order valence-electron chi connectivity index (χ0n) is 12.9. The van der Waals surface area contributed by atoms with E-state index in [1.807, 2.05) is 6.07 Å². The number of hydrogen-bond donors (Lipinski definition) is 1. The Labute approximate surface area is 121 Å². The van der Waals surface area contributed by atoms with Crippen LogP contribution in [-0.2, 0) is 18.3 Å². The van der Waals surface area contributed by atoms with E-state index in [-0.39, 0.29) is 5.41 Å². The predicted octanol–water partition coefficient (Wildman–Crippen LogP) is 2.73. The minimum absolute atomic E-state index is 0.237. The van der Waals surface area contributed by atoms with Gasteiger partial charge in [0.1, 0.15) is 5.82 Å². The first-order chi connectivity index (χ1) is 9.53. The van der Waals surface area contributed by atoms with Crippen molar-refractivity contribution in [1.82, 2.24) is 14.9 Å². The molecule has 0 saturated carbocycles. The van der Waals surface area contributed by atoms with Crippen molar-refractivity contribution in [3.05, 3.63) is 30.1 Å². The van der Waals surface area contributed by atoms with Crippen molar-refractivity contribution in [1.29, 1.82) is 0 Å². The number of methoxy groups -OCH3 is 1. The van der Waals surface area contributed by atoms with Crippen molar-refractivity contribution >= 4 is 11.0 Å². The molecule has 0 spiro atoms. The predicted molar refractivity (Wildman–Crippen MR) is 82.7 cm³/mol. The van der Waals surface area contributed by atoms with Gasteiger partial charge >= 0.3 is 0 Å². The van der Waals surface area contributed by atoms with Crippen molar-refractivity contribution in [3.8, 4) is 0 Å². The Hall–Kier alpha value is -1.39. The Balaban J connectivity index is 1.94. The third-order valence-corrected chi connectivity index (χ3v) is 3.75. The van der Waals surface area contributed by atoms with Crippen molar-refractivity contribution in [2.75, 3.05) is 20.3 Å². The number of imidazole rings is 1. The van der Waals surface area contributed by atoms with E-state index in [1.54, 1.807) is 7.11 Å². The van der Waals surface area contributed by atoms with Crippen LogP contribution in [0.4, 0.5) is 0 Å². The van der Waals surface area contributed by atoms with Gasteiger partial charge in [-0.3, -0.25) is 0 Å². The van der Waals surface area contributed by atoms with E-state index in [9.17, 15) is 0 Å². The van der Waals surface area contributed by atoms with Gasteiger partial charge in [-0.05, 0) is 24.0 Å². The molecule has 110 valence electrons. The topological polar surface area (TPSA) is 39.1 Å². The van der Waals surface area contributed by atoms with Crippen LogP contribution in [-0.4, -0.2) is 29.8 Å². The van der Waals surface area contributed by atoms with Crippen LogP contribution >= 0.6 is 0 Å². The molecule has 0 atom stereocenters. The molecule has 0 aliphatic rings. The van der Waals surface area contributed by atoms with Gasteiger partial charge in [0.15, 0.2) is 0 Å². The fourth-order valence-electron chi connectivity index (χ4n) is 2.33. The third-order valence-electron chi connectivity index (χ3n) is 3.75. The SMILES string of the molecule is COCCC(C)(C)CNCc1nc2ccccc2n1C. The maximum atomic E-state index is 5.16. The highest BCUT2D eigenvalue weighted by Crippen LogP contribution is 2.19. The minimum atomic E-state index is 0.237. The summed E-state index contributed by atoms with van der Waals surface area (Å²) in [7, 11) is 3.82. The van der Waals surface area contributed by atoms with E-state index in [2.05, 4.69) is 54.0 Å². The number of aryl methyl sites for hydroxylation is 1. The lowest BCUT2D eigenvalue weighted by Gasteiger charge is -2.24. The summed E-state index contributed by atoms with van der Waals surface area (Å²) in [6.07, 6.45) is 1.05. The van der Waals surface area contributed by atoms with E-state index in [1.165, 1.54) is 5.52 Å². The molecule has 0 aliphatic carbocycles. The van der Waals surface area contributed by atoms with E-state index < -0.39 is 0 Å². The zero-order chi connectivity index (χ0) is 14.6. The van der Waals surface area contributed by atoms with Gasteiger partial charge in [-0.2, -0.15) is 0 Å². The molecule has 1 N–H and O–H groups in total. The highest BCUT2D eigenvalue weighted by Gasteiger charge is 2.17. The Morgan fingerprint density at radius 3 is 2.75 bits per heavy atom.